The Bertz CT molecular complexity index is 2680. The van der Waals surface area contributed by atoms with E-state index in [1.54, 1.807) is 55.4 Å². The van der Waals surface area contributed by atoms with Crippen LogP contribution in [-0.4, -0.2) is 130 Å². The van der Waals surface area contributed by atoms with Crippen molar-refractivity contribution in [3.05, 3.63) is 34.3 Å². The third kappa shape index (κ3) is 17.9. The number of hydrogen-bond donors (Lipinski definition) is 10. The number of carbonyl (C=O) groups excluding carboxylic acids is 11. The number of rotatable bonds is 22. The molecule has 10 amide bonds. The van der Waals surface area contributed by atoms with Gasteiger partial charge in [0.05, 0.1) is 35.5 Å². The fraction of sp³-hybridized carbons (Fsp3) is 0.726. The lowest BCUT2D eigenvalue weighted by molar-refractivity contribution is -0.154. The van der Waals surface area contributed by atoms with E-state index in [1.807, 2.05) is 24.3 Å². The lowest BCUT2D eigenvalue weighted by atomic mass is 9.95. The molecule has 476 valence electrons. The van der Waals surface area contributed by atoms with Crippen LogP contribution < -0.4 is 53.2 Å². The van der Waals surface area contributed by atoms with Crippen LogP contribution in [0.3, 0.4) is 0 Å². The van der Waals surface area contributed by atoms with E-state index in [9.17, 15) is 52.7 Å². The Balaban J connectivity index is 0.833. The number of hydrogen-bond acceptors (Lipinski definition) is 13. The van der Waals surface area contributed by atoms with Crippen molar-refractivity contribution in [3.63, 3.8) is 0 Å². The Kier molecular flexibility index (Phi) is 22.7. The van der Waals surface area contributed by atoms with Crippen LogP contribution in [-0.2, 0) is 64.0 Å². The van der Waals surface area contributed by atoms with Gasteiger partial charge in [-0.05, 0) is 157 Å². The molecular formula is C62H93BrN10O13. The van der Waals surface area contributed by atoms with Crippen LogP contribution in [0.2, 0.25) is 0 Å². The first-order valence-corrected chi connectivity index (χ1v) is 32.0. The van der Waals surface area contributed by atoms with E-state index in [0.717, 1.165) is 10.0 Å². The topological polar surface area (TPSA) is 327 Å². The largest absolute Gasteiger partial charge is 0.459 e. The minimum Gasteiger partial charge on any atom is -0.459 e. The van der Waals surface area contributed by atoms with Gasteiger partial charge in [0.1, 0.15) is 35.4 Å². The molecule has 0 aliphatic heterocycles. The quantitative estimate of drug-likeness (QED) is 0.0721. The highest BCUT2D eigenvalue weighted by Gasteiger charge is 2.46. The van der Waals surface area contributed by atoms with Crippen molar-refractivity contribution < 1.29 is 62.2 Å². The monoisotopic (exact) mass is 1260 g/mol. The number of amides is 10. The highest BCUT2D eigenvalue weighted by molar-refractivity contribution is 9.10. The summed E-state index contributed by atoms with van der Waals surface area (Å²) in [6.45, 7) is 14.7. The molecule has 0 heterocycles. The van der Waals surface area contributed by atoms with Crippen molar-refractivity contribution in [3.8, 4) is 0 Å². The molecule has 0 spiro atoms. The molecule has 24 heteroatoms. The molecule has 86 heavy (non-hydrogen) atoms. The number of carbonyl (C=O) groups is 11. The summed E-state index contributed by atoms with van der Waals surface area (Å²) in [5.41, 5.74) is -2.65. The van der Waals surface area contributed by atoms with Gasteiger partial charge in [-0.1, -0.05) is 66.6 Å². The van der Waals surface area contributed by atoms with Gasteiger partial charge in [0.2, 0.25) is 53.2 Å². The van der Waals surface area contributed by atoms with Crippen LogP contribution >= 0.6 is 15.9 Å². The van der Waals surface area contributed by atoms with Gasteiger partial charge in [-0.3, -0.25) is 43.2 Å². The number of esters is 1. The van der Waals surface area contributed by atoms with Gasteiger partial charge in [-0.2, -0.15) is 0 Å². The zero-order valence-electron chi connectivity index (χ0n) is 51.5. The molecule has 0 unspecified atom stereocenters. The van der Waals surface area contributed by atoms with Crippen LogP contribution in [0.5, 0.6) is 0 Å². The molecule has 6 saturated carbocycles. The summed E-state index contributed by atoms with van der Waals surface area (Å²) in [6.07, 6.45) is 9.82. The summed E-state index contributed by atoms with van der Waals surface area (Å²) < 4.78 is 11.7. The smallest absolute Gasteiger partial charge is 0.408 e. The molecule has 1 aromatic rings. The van der Waals surface area contributed by atoms with Crippen molar-refractivity contribution in [1.29, 1.82) is 0 Å². The molecule has 0 bridgehead atoms. The van der Waals surface area contributed by atoms with Crippen molar-refractivity contribution in [2.45, 2.75) is 250 Å². The number of ether oxygens (including phenoxy) is 2. The van der Waals surface area contributed by atoms with Crippen LogP contribution in [0.1, 0.15) is 183 Å². The zero-order chi connectivity index (χ0) is 62.8. The van der Waals surface area contributed by atoms with Crippen molar-refractivity contribution in [2.24, 2.45) is 35.5 Å². The Labute approximate surface area is 513 Å². The predicted octanol–water partition coefficient (Wildman–Crippen LogP) is 4.41. The summed E-state index contributed by atoms with van der Waals surface area (Å²) in [6, 6.07) is 2.55. The van der Waals surface area contributed by atoms with Crippen LogP contribution in [0.15, 0.2) is 28.7 Å². The highest BCUT2D eigenvalue weighted by atomic mass is 79.9. The molecule has 0 aromatic heterocycles. The number of benzene rings is 1. The van der Waals surface area contributed by atoms with E-state index in [4.69, 9.17) is 9.47 Å². The Hall–Kier alpha value is -6.33. The van der Waals surface area contributed by atoms with Gasteiger partial charge in [-0.15, -0.1) is 0 Å². The maximum absolute atomic E-state index is 14.0. The third-order valence-electron chi connectivity index (χ3n) is 18.2. The summed E-state index contributed by atoms with van der Waals surface area (Å²) in [5.74, 6) is -7.37. The SMILES string of the molecule is C[C@H](NC(=O)OC(C)(C)C)C(=O)N[C@H]1CCC[C@@H]1C(=O)N[C@H]1CCC[C@@H]1C(=O)NC(C)(C)C(=O)N[C@H]1CCC[C@@H]1C(=O)N[C@H]1CCC[C@@H]1C(=O)N[C@@H](C)C(=O)N[C@H]1CCC[C@@H]1C(=O)N[C@H]1CCC[C@@H]1C(=O)NC(C)(C)C(=O)OCc1ccc(Br)cc1. The maximum atomic E-state index is 14.0. The standard InChI is InChI=1S/C62H93BrN10O13/c1-33(49(74)66-43-22-11-17-38(43)52(77)70-47-26-15-21-42(47)56(81)73-62(8,9)58(83)85-32-35-28-30-36(63)31-29-35)64-51(76)37-16-10-24-45(37)68-54(79)40-19-13-27-48(40)71-57(82)61(6,7)72-55(80)41-20-14-25-46(41)69-53(78)39-18-12-23-44(39)67-50(75)34(2)65-59(84)86-60(3,4)5/h28-31,33-34,37-48H,10-27,32H2,1-9H3,(H,64,76)(H,65,84)(H,66,74)(H,67,75)(H,68,79)(H,69,78)(H,70,77)(H,71,82)(H,72,80)(H,73,81)/t33-,34-,37-,38-,39-,40-,41-,42-,43-,44-,45-,46-,47-,48-/m0/s1. The van der Waals surface area contributed by atoms with E-state index in [-0.39, 0.29) is 42.0 Å². The van der Waals surface area contributed by atoms with E-state index in [2.05, 4.69) is 69.1 Å². The Morgan fingerprint density at radius 3 is 1.17 bits per heavy atom. The fourth-order valence-electron chi connectivity index (χ4n) is 13.3. The summed E-state index contributed by atoms with van der Waals surface area (Å²) in [5, 5.41) is 29.3. The molecule has 6 aliphatic carbocycles. The molecule has 6 fully saturated rings. The van der Waals surface area contributed by atoms with Crippen LogP contribution in [0.4, 0.5) is 4.79 Å². The van der Waals surface area contributed by atoms with E-state index in [1.165, 1.54) is 6.92 Å². The third-order valence-corrected chi connectivity index (χ3v) is 18.7. The van der Waals surface area contributed by atoms with Crippen LogP contribution in [0, 0.1) is 35.5 Å². The molecule has 23 nitrogen and oxygen atoms in total. The zero-order valence-corrected chi connectivity index (χ0v) is 53.1. The number of alkyl carbamates (subject to hydrolysis) is 1. The molecule has 1 aromatic carbocycles. The maximum Gasteiger partial charge on any atom is 0.408 e. The lowest BCUT2D eigenvalue weighted by Gasteiger charge is -2.32. The molecule has 0 saturated heterocycles. The summed E-state index contributed by atoms with van der Waals surface area (Å²) in [7, 11) is 0. The average Bonchev–Trinajstić information content (AvgIpc) is 2.16. The van der Waals surface area contributed by atoms with Gasteiger partial charge in [0.25, 0.3) is 0 Å². The van der Waals surface area contributed by atoms with Crippen LogP contribution in [0.25, 0.3) is 0 Å². The first kappa shape index (κ1) is 67.2. The van der Waals surface area contributed by atoms with E-state index >= 15 is 0 Å². The van der Waals surface area contributed by atoms with Gasteiger partial charge in [0, 0.05) is 40.7 Å². The van der Waals surface area contributed by atoms with Gasteiger partial charge in [0.15, 0.2) is 0 Å². The fourth-order valence-corrected chi connectivity index (χ4v) is 13.5. The minimum atomic E-state index is -1.38. The van der Waals surface area contributed by atoms with Crippen molar-refractivity contribution >= 4 is 81.2 Å². The molecule has 7 rings (SSSR count). The first-order valence-electron chi connectivity index (χ1n) is 31.2. The van der Waals surface area contributed by atoms with E-state index < -0.39 is 130 Å². The number of halogens is 1. The highest BCUT2D eigenvalue weighted by Crippen LogP contribution is 2.34. The second-order valence-electron chi connectivity index (χ2n) is 26.9. The Morgan fingerprint density at radius 2 is 0.779 bits per heavy atom. The molecule has 0 radical (unpaired) electrons. The summed E-state index contributed by atoms with van der Waals surface area (Å²) >= 11 is 3.39. The molecule has 6 aliphatic rings. The van der Waals surface area contributed by atoms with Gasteiger partial charge < -0.3 is 62.6 Å². The second kappa shape index (κ2) is 29.1. The lowest BCUT2D eigenvalue weighted by Crippen LogP contribution is -2.60. The van der Waals surface area contributed by atoms with Gasteiger partial charge in [-0.25, -0.2) is 9.59 Å². The van der Waals surface area contributed by atoms with Crippen molar-refractivity contribution in [1.82, 2.24) is 53.2 Å². The second-order valence-corrected chi connectivity index (χ2v) is 27.8. The normalized spacial score (nSPS) is 28.0. The Morgan fingerprint density at radius 1 is 0.442 bits per heavy atom. The van der Waals surface area contributed by atoms with Gasteiger partial charge >= 0.3 is 12.1 Å². The van der Waals surface area contributed by atoms with Crippen molar-refractivity contribution in [2.75, 3.05) is 0 Å². The molecule has 14 atom stereocenters. The number of nitrogens with one attached hydrogen (secondary N) is 10. The average molecular weight is 1270 g/mol. The minimum absolute atomic E-state index is 0.0462. The summed E-state index contributed by atoms with van der Waals surface area (Å²) in [4.78, 5) is 149. The first-order chi connectivity index (χ1) is 40.5. The van der Waals surface area contributed by atoms with E-state index in [0.29, 0.717) is 116 Å². The molecular weight excluding hydrogens is 1170 g/mol. The molecule has 10 N–H and O–H groups in total. The predicted molar refractivity (Wildman–Crippen MR) is 320 cm³/mol.